The van der Waals surface area contributed by atoms with Crippen LogP contribution in [0.5, 0.6) is 0 Å². The summed E-state index contributed by atoms with van der Waals surface area (Å²) in [4.78, 5) is 12.0. The van der Waals surface area contributed by atoms with Crippen molar-refractivity contribution in [3.63, 3.8) is 0 Å². The molecule has 21 heavy (non-hydrogen) atoms. The van der Waals surface area contributed by atoms with Crippen LogP contribution in [0.2, 0.25) is 0 Å². The first-order valence-corrected chi connectivity index (χ1v) is 7.14. The highest BCUT2D eigenvalue weighted by Gasteiger charge is 2.11. The van der Waals surface area contributed by atoms with E-state index in [1.54, 1.807) is 0 Å². The highest BCUT2D eigenvalue weighted by Crippen LogP contribution is 2.19. The predicted molar refractivity (Wildman–Crippen MR) is 80.3 cm³/mol. The first-order valence-electron chi connectivity index (χ1n) is 6.35. The van der Waals surface area contributed by atoms with Crippen LogP contribution in [-0.4, -0.2) is 9.78 Å². The van der Waals surface area contributed by atoms with E-state index in [4.69, 9.17) is 0 Å². The number of benzene rings is 1. The molecule has 2 rings (SSSR count). The molecule has 1 aromatic carbocycles. The Kier molecular flexibility index (Phi) is 4.72. The third kappa shape index (κ3) is 3.47. The van der Waals surface area contributed by atoms with Crippen molar-refractivity contribution in [1.29, 1.82) is 0 Å². The summed E-state index contributed by atoms with van der Waals surface area (Å²) in [6.45, 7) is 3.82. The van der Waals surface area contributed by atoms with Crippen LogP contribution in [0.4, 0.5) is 14.5 Å². The molecule has 1 heterocycles. The molecule has 0 bridgehead atoms. The summed E-state index contributed by atoms with van der Waals surface area (Å²) in [6.07, 6.45) is 1.49. The van der Waals surface area contributed by atoms with Gasteiger partial charge in [0.25, 0.3) is 5.56 Å². The summed E-state index contributed by atoms with van der Waals surface area (Å²) in [5.41, 5.74) is 0.492. The van der Waals surface area contributed by atoms with E-state index in [-0.39, 0.29) is 18.1 Å². The van der Waals surface area contributed by atoms with Gasteiger partial charge in [-0.15, -0.1) is 0 Å². The lowest BCUT2D eigenvalue weighted by atomic mass is 10.2. The third-order valence-corrected chi connectivity index (χ3v) is 3.68. The van der Waals surface area contributed by atoms with Gasteiger partial charge in [0.15, 0.2) is 0 Å². The Bertz CT molecular complexity index is 716. The lowest BCUT2D eigenvalue weighted by Crippen LogP contribution is -2.26. The van der Waals surface area contributed by atoms with Gasteiger partial charge in [0.05, 0.1) is 17.9 Å². The molecule has 0 fully saturated rings. The average molecular weight is 358 g/mol. The molecule has 0 saturated carbocycles. The fourth-order valence-electron chi connectivity index (χ4n) is 1.79. The average Bonchev–Trinajstić information content (AvgIpc) is 2.41. The van der Waals surface area contributed by atoms with Crippen LogP contribution in [0.25, 0.3) is 0 Å². The summed E-state index contributed by atoms with van der Waals surface area (Å²) < 4.78 is 28.0. The molecule has 0 saturated heterocycles. The lowest BCUT2D eigenvalue weighted by Gasteiger charge is -2.12. The fraction of sp³-hybridized carbons (Fsp3) is 0.286. The topological polar surface area (TPSA) is 46.9 Å². The molecule has 4 nitrogen and oxygen atoms in total. The molecule has 2 aromatic rings. The van der Waals surface area contributed by atoms with Gasteiger partial charge < -0.3 is 5.32 Å². The van der Waals surface area contributed by atoms with Crippen molar-refractivity contribution in [1.82, 2.24) is 9.78 Å². The number of halogens is 3. The number of anilines is 1. The highest BCUT2D eigenvalue weighted by molar-refractivity contribution is 9.10. The number of nitrogens with one attached hydrogen (secondary N) is 1. The maximum Gasteiger partial charge on any atom is 0.283 e. The maximum atomic E-state index is 13.5. The zero-order valence-corrected chi connectivity index (χ0v) is 13.1. The predicted octanol–water partition coefficient (Wildman–Crippen LogP) is 3.48. The smallest absolute Gasteiger partial charge is 0.283 e. The van der Waals surface area contributed by atoms with Crippen molar-refractivity contribution in [2.24, 2.45) is 0 Å². The zero-order chi connectivity index (χ0) is 15.6. The van der Waals surface area contributed by atoms with Crippen molar-refractivity contribution in [3.05, 3.63) is 56.4 Å². The second kappa shape index (κ2) is 6.34. The molecular weight excluding hydrogens is 344 g/mol. The Hall–Kier alpha value is -1.76. The van der Waals surface area contributed by atoms with E-state index >= 15 is 0 Å². The number of rotatable bonds is 4. The van der Waals surface area contributed by atoms with Crippen LogP contribution in [-0.2, 0) is 6.54 Å². The Morgan fingerprint density at radius 1 is 1.38 bits per heavy atom. The van der Waals surface area contributed by atoms with Crippen LogP contribution >= 0.6 is 15.9 Å². The molecule has 0 amide bonds. The van der Waals surface area contributed by atoms with Gasteiger partial charge in [-0.1, -0.05) is 6.07 Å². The molecule has 0 unspecified atom stereocenters. The minimum atomic E-state index is -0.637. The largest absolute Gasteiger partial charge is 0.378 e. The third-order valence-electron chi connectivity index (χ3n) is 2.92. The zero-order valence-electron chi connectivity index (χ0n) is 11.5. The summed E-state index contributed by atoms with van der Waals surface area (Å²) >= 11 is 3.21. The van der Waals surface area contributed by atoms with E-state index < -0.39 is 11.6 Å². The Morgan fingerprint density at radius 3 is 2.71 bits per heavy atom. The van der Waals surface area contributed by atoms with Crippen LogP contribution in [0.1, 0.15) is 25.5 Å². The standard InChI is InChI=1S/C14H14BrF2N3O/c1-8(2)20-14(21)13(15)12(7-19-20)18-6-9-3-4-10(16)5-11(9)17/h3-5,7-8,18H,6H2,1-2H3. The van der Waals surface area contributed by atoms with Crippen molar-refractivity contribution in [3.8, 4) is 0 Å². The first kappa shape index (κ1) is 15.6. The van der Waals surface area contributed by atoms with Crippen LogP contribution in [0.15, 0.2) is 33.7 Å². The van der Waals surface area contributed by atoms with Gasteiger partial charge in [0.1, 0.15) is 16.1 Å². The summed E-state index contributed by atoms with van der Waals surface area (Å²) in [5.74, 6) is -1.26. The molecule has 0 spiro atoms. The molecule has 7 heteroatoms. The molecule has 0 aliphatic rings. The van der Waals surface area contributed by atoms with E-state index in [1.807, 2.05) is 13.8 Å². The number of hydrogen-bond acceptors (Lipinski definition) is 3. The van der Waals surface area contributed by atoms with Gasteiger partial charge >= 0.3 is 0 Å². The molecule has 1 N–H and O–H groups in total. The van der Waals surface area contributed by atoms with Gasteiger partial charge in [0, 0.05) is 18.2 Å². The maximum absolute atomic E-state index is 13.5. The molecule has 0 atom stereocenters. The Balaban J connectivity index is 2.21. The van der Waals surface area contributed by atoms with Crippen molar-refractivity contribution >= 4 is 21.6 Å². The number of nitrogens with zero attached hydrogens (tertiary/aromatic N) is 2. The molecule has 1 aromatic heterocycles. The first-order chi connectivity index (χ1) is 9.90. The molecule has 0 aliphatic carbocycles. The van der Waals surface area contributed by atoms with Crippen molar-refractivity contribution in [2.75, 3.05) is 5.32 Å². The van der Waals surface area contributed by atoms with Gasteiger partial charge in [0.2, 0.25) is 0 Å². The molecular formula is C14H14BrF2N3O. The van der Waals surface area contributed by atoms with Crippen LogP contribution < -0.4 is 10.9 Å². The van der Waals surface area contributed by atoms with Gasteiger partial charge in [-0.05, 0) is 35.8 Å². The molecule has 112 valence electrons. The minimum absolute atomic E-state index is 0.0580. The van der Waals surface area contributed by atoms with Crippen LogP contribution in [0.3, 0.4) is 0 Å². The summed E-state index contributed by atoms with van der Waals surface area (Å²) in [5, 5.41) is 6.96. The van der Waals surface area contributed by atoms with Gasteiger partial charge in [-0.3, -0.25) is 4.79 Å². The summed E-state index contributed by atoms with van der Waals surface area (Å²) in [7, 11) is 0. The van der Waals surface area contributed by atoms with Gasteiger partial charge in [-0.25, -0.2) is 13.5 Å². The van der Waals surface area contributed by atoms with E-state index in [0.29, 0.717) is 15.7 Å². The van der Waals surface area contributed by atoms with Crippen LogP contribution in [0, 0.1) is 11.6 Å². The quantitative estimate of drug-likeness (QED) is 0.911. The number of aromatic nitrogens is 2. The Labute approximate surface area is 128 Å². The van der Waals surface area contributed by atoms with E-state index in [9.17, 15) is 13.6 Å². The van der Waals surface area contributed by atoms with Crippen molar-refractivity contribution in [2.45, 2.75) is 26.4 Å². The van der Waals surface area contributed by atoms with Gasteiger partial charge in [-0.2, -0.15) is 5.10 Å². The Morgan fingerprint density at radius 2 is 2.10 bits per heavy atom. The van der Waals surface area contributed by atoms with E-state index in [2.05, 4.69) is 26.3 Å². The van der Waals surface area contributed by atoms with Crippen molar-refractivity contribution < 1.29 is 8.78 Å². The second-order valence-electron chi connectivity index (χ2n) is 4.80. The monoisotopic (exact) mass is 357 g/mol. The number of hydrogen-bond donors (Lipinski definition) is 1. The minimum Gasteiger partial charge on any atom is -0.378 e. The SMILES string of the molecule is CC(C)n1ncc(NCc2ccc(F)cc2F)c(Br)c1=O. The highest BCUT2D eigenvalue weighted by atomic mass is 79.9. The molecule has 0 radical (unpaired) electrons. The normalized spacial score (nSPS) is 11.0. The second-order valence-corrected chi connectivity index (χ2v) is 5.60. The molecule has 0 aliphatic heterocycles. The van der Waals surface area contributed by atoms with E-state index in [0.717, 1.165) is 6.07 Å². The lowest BCUT2D eigenvalue weighted by molar-refractivity contribution is 0.501. The fourth-order valence-corrected chi connectivity index (χ4v) is 2.22. The van der Waals surface area contributed by atoms with E-state index in [1.165, 1.54) is 23.0 Å². The summed E-state index contributed by atoms with van der Waals surface area (Å²) in [6, 6.07) is 3.30.